The average Bonchev–Trinajstić information content (AvgIpc) is 3.34. The minimum atomic E-state index is -0.347. The largest absolute Gasteiger partial charge is 0.366 e. The Morgan fingerprint density at radius 3 is 2.81 bits per heavy atom. The first-order chi connectivity index (χ1) is 12.6. The molecule has 26 heavy (non-hydrogen) atoms. The molecule has 3 aromatic heterocycles. The van der Waals surface area contributed by atoms with Crippen LogP contribution in [0.25, 0.3) is 11.1 Å². The van der Waals surface area contributed by atoms with Gasteiger partial charge in [0.05, 0.1) is 11.9 Å². The molecule has 0 atom stereocenters. The average molecular weight is 371 g/mol. The number of primary amides is 1. The highest BCUT2D eigenvalue weighted by Crippen LogP contribution is 2.35. The fraction of sp³-hybridized carbons (Fsp3) is 0.400. The van der Waals surface area contributed by atoms with Crippen LogP contribution >= 0.6 is 11.3 Å². The van der Waals surface area contributed by atoms with Crippen LogP contribution in [0.15, 0.2) is 29.4 Å². The Morgan fingerprint density at radius 2 is 2.19 bits per heavy atom. The number of nitrogens with zero attached hydrogens (tertiary/aromatic N) is 2. The van der Waals surface area contributed by atoms with Crippen LogP contribution in [0.5, 0.6) is 0 Å². The second kappa shape index (κ2) is 8.36. The summed E-state index contributed by atoms with van der Waals surface area (Å²) < 4.78 is 2.28. The minimum absolute atomic E-state index is 0.347. The Morgan fingerprint density at radius 1 is 1.35 bits per heavy atom. The number of aromatic amines is 1. The molecule has 138 valence electrons. The van der Waals surface area contributed by atoms with Gasteiger partial charge in [-0.15, -0.1) is 0 Å². The lowest BCUT2D eigenvalue weighted by Gasteiger charge is -2.12. The molecule has 1 amide bonds. The molecular weight excluding hydrogens is 344 g/mol. The third-order valence-electron chi connectivity index (χ3n) is 4.86. The van der Waals surface area contributed by atoms with Crippen molar-refractivity contribution in [3.05, 3.63) is 52.0 Å². The molecule has 0 aliphatic rings. The number of aryl methyl sites for hydroxylation is 1. The van der Waals surface area contributed by atoms with Crippen LogP contribution in [0.1, 0.15) is 53.6 Å². The van der Waals surface area contributed by atoms with Crippen LogP contribution < -0.4 is 5.73 Å². The normalized spacial score (nSPS) is 11.2. The van der Waals surface area contributed by atoms with Crippen molar-refractivity contribution in [3.63, 3.8) is 0 Å². The van der Waals surface area contributed by atoms with Crippen LogP contribution in [0, 0.1) is 6.92 Å². The number of nitrogens with one attached hydrogen (secondary N) is 1. The molecule has 3 rings (SSSR count). The summed E-state index contributed by atoms with van der Waals surface area (Å²) in [6.07, 6.45) is 8.81. The zero-order valence-electron chi connectivity index (χ0n) is 15.4. The highest BCUT2D eigenvalue weighted by Gasteiger charge is 2.24. The maximum atomic E-state index is 12.3. The number of amides is 1. The van der Waals surface area contributed by atoms with E-state index in [0.717, 1.165) is 48.3 Å². The topological polar surface area (TPSA) is 76.7 Å². The van der Waals surface area contributed by atoms with Gasteiger partial charge >= 0.3 is 0 Å². The fourth-order valence-corrected chi connectivity index (χ4v) is 4.22. The molecular formula is C20H26N4OS. The second-order valence-electron chi connectivity index (χ2n) is 6.59. The summed E-state index contributed by atoms with van der Waals surface area (Å²) in [5.74, 6) is -0.347. The Bertz CT molecular complexity index is 847. The lowest BCUT2D eigenvalue weighted by Crippen LogP contribution is -2.13. The predicted octanol–water partition coefficient (Wildman–Crippen LogP) is 4.32. The maximum absolute atomic E-state index is 12.3. The molecule has 3 aromatic rings. The summed E-state index contributed by atoms with van der Waals surface area (Å²) in [4.78, 5) is 19.5. The van der Waals surface area contributed by atoms with E-state index >= 15 is 0 Å². The number of hydrogen-bond acceptors (Lipinski definition) is 3. The third kappa shape index (κ3) is 3.75. The Balaban J connectivity index is 2.05. The summed E-state index contributed by atoms with van der Waals surface area (Å²) in [7, 11) is 0. The van der Waals surface area contributed by atoms with E-state index in [1.54, 1.807) is 17.7 Å². The van der Waals surface area contributed by atoms with Crippen molar-refractivity contribution in [2.45, 2.75) is 52.5 Å². The van der Waals surface area contributed by atoms with Gasteiger partial charge in [-0.2, -0.15) is 11.3 Å². The highest BCUT2D eigenvalue weighted by atomic mass is 32.1. The monoisotopic (exact) mass is 370 g/mol. The van der Waals surface area contributed by atoms with E-state index in [1.165, 1.54) is 18.5 Å². The SMILES string of the molecule is CCCCCc1c(-c2ccsc2)c(C(N)=O)c(C)n1CCc1cnc[nH]1. The van der Waals surface area contributed by atoms with Crippen molar-refractivity contribution in [1.29, 1.82) is 0 Å². The van der Waals surface area contributed by atoms with Gasteiger partial charge < -0.3 is 15.3 Å². The molecule has 5 nitrogen and oxygen atoms in total. The van der Waals surface area contributed by atoms with Crippen molar-refractivity contribution < 1.29 is 4.79 Å². The Kier molecular flexibility index (Phi) is 5.93. The van der Waals surface area contributed by atoms with E-state index in [1.807, 2.05) is 18.5 Å². The first-order valence-corrected chi connectivity index (χ1v) is 10.1. The fourth-order valence-electron chi connectivity index (χ4n) is 3.58. The van der Waals surface area contributed by atoms with Gasteiger partial charge in [-0.25, -0.2) is 4.98 Å². The van der Waals surface area contributed by atoms with Crippen LogP contribution in [0.3, 0.4) is 0 Å². The van der Waals surface area contributed by atoms with Gasteiger partial charge in [0.2, 0.25) is 0 Å². The van der Waals surface area contributed by atoms with Gasteiger partial charge in [0.25, 0.3) is 5.91 Å². The van der Waals surface area contributed by atoms with E-state index in [-0.39, 0.29) is 5.91 Å². The number of H-pyrrole nitrogens is 1. The Labute approximate surface area is 158 Å². The second-order valence-corrected chi connectivity index (χ2v) is 7.37. The standard InChI is InChI=1S/C20H26N4OS/c1-3-4-5-6-17-19(15-8-10-26-12-15)18(20(21)25)14(2)24(17)9-7-16-11-22-13-23-16/h8,10-13H,3-7,9H2,1-2H3,(H2,21,25)(H,22,23). The van der Waals surface area contributed by atoms with Crippen molar-refractivity contribution >= 4 is 17.2 Å². The van der Waals surface area contributed by atoms with Gasteiger partial charge in [-0.3, -0.25) is 4.79 Å². The number of imidazole rings is 1. The number of carbonyl (C=O) groups is 1. The number of unbranched alkanes of at least 4 members (excludes halogenated alkanes) is 2. The van der Waals surface area contributed by atoms with Crippen molar-refractivity contribution in [1.82, 2.24) is 14.5 Å². The number of carbonyl (C=O) groups excluding carboxylic acids is 1. The molecule has 0 spiro atoms. The van der Waals surface area contributed by atoms with Crippen LogP contribution in [-0.2, 0) is 19.4 Å². The summed E-state index contributed by atoms with van der Waals surface area (Å²) in [6, 6.07) is 2.08. The molecule has 3 N–H and O–H groups in total. The number of hydrogen-bond donors (Lipinski definition) is 2. The van der Waals surface area contributed by atoms with E-state index < -0.39 is 0 Å². The van der Waals surface area contributed by atoms with E-state index in [2.05, 4.69) is 32.9 Å². The zero-order valence-corrected chi connectivity index (χ0v) is 16.2. The Hall–Kier alpha value is -2.34. The van der Waals surface area contributed by atoms with Crippen molar-refractivity contribution in [2.75, 3.05) is 0 Å². The van der Waals surface area contributed by atoms with Gasteiger partial charge in [0.15, 0.2) is 0 Å². The molecule has 0 radical (unpaired) electrons. The van der Waals surface area contributed by atoms with E-state index in [4.69, 9.17) is 5.73 Å². The van der Waals surface area contributed by atoms with E-state index in [0.29, 0.717) is 5.56 Å². The van der Waals surface area contributed by atoms with Crippen LogP contribution in [0.2, 0.25) is 0 Å². The lowest BCUT2D eigenvalue weighted by molar-refractivity contribution is 0.1000. The zero-order chi connectivity index (χ0) is 18.5. The maximum Gasteiger partial charge on any atom is 0.251 e. The first-order valence-electron chi connectivity index (χ1n) is 9.15. The summed E-state index contributed by atoms with van der Waals surface area (Å²) >= 11 is 1.64. The van der Waals surface area contributed by atoms with Gasteiger partial charge in [0.1, 0.15) is 0 Å². The number of nitrogens with two attached hydrogens (primary N) is 1. The molecule has 0 aromatic carbocycles. The predicted molar refractivity (Wildman–Crippen MR) is 107 cm³/mol. The molecule has 3 heterocycles. The third-order valence-corrected chi connectivity index (χ3v) is 5.55. The van der Waals surface area contributed by atoms with Gasteiger partial charge in [-0.05, 0) is 42.2 Å². The quantitative estimate of drug-likeness (QED) is 0.550. The van der Waals surface area contributed by atoms with Crippen LogP contribution in [0.4, 0.5) is 0 Å². The first kappa shape index (κ1) is 18.5. The number of aromatic nitrogens is 3. The van der Waals surface area contributed by atoms with Gasteiger partial charge in [0, 0.05) is 41.8 Å². The smallest absolute Gasteiger partial charge is 0.251 e. The van der Waals surface area contributed by atoms with Crippen LogP contribution in [-0.4, -0.2) is 20.4 Å². The molecule has 0 fully saturated rings. The number of thiophene rings is 1. The molecule has 0 aliphatic carbocycles. The van der Waals surface area contributed by atoms with Crippen molar-refractivity contribution in [2.24, 2.45) is 5.73 Å². The minimum Gasteiger partial charge on any atom is -0.366 e. The molecule has 0 bridgehead atoms. The van der Waals surface area contributed by atoms with E-state index in [9.17, 15) is 4.79 Å². The molecule has 0 saturated carbocycles. The molecule has 0 saturated heterocycles. The molecule has 0 unspecified atom stereocenters. The molecule has 0 aliphatic heterocycles. The summed E-state index contributed by atoms with van der Waals surface area (Å²) in [6.45, 7) is 5.02. The highest BCUT2D eigenvalue weighted by molar-refractivity contribution is 7.08. The molecule has 6 heteroatoms. The number of rotatable bonds is 9. The summed E-state index contributed by atoms with van der Waals surface area (Å²) in [5.41, 5.74) is 11.9. The van der Waals surface area contributed by atoms with Crippen molar-refractivity contribution in [3.8, 4) is 11.1 Å². The lowest BCUT2D eigenvalue weighted by atomic mass is 9.99. The van der Waals surface area contributed by atoms with Gasteiger partial charge in [-0.1, -0.05) is 19.8 Å². The summed E-state index contributed by atoms with van der Waals surface area (Å²) in [5, 5.41) is 4.15.